The fourth-order valence-corrected chi connectivity index (χ4v) is 3.40. The van der Waals surface area contributed by atoms with Crippen molar-refractivity contribution < 1.29 is 27.7 Å². The first-order valence-electron chi connectivity index (χ1n) is 6.95. The highest BCUT2D eigenvalue weighted by Gasteiger charge is 2.37. The van der Waals surface area contributed by atoms with Crippen LogP contribution in [-0.4, -0.2) is 47.8 Å². The number of carbonyl (C=O) groups excluding carboxylic acids is 1. The molecule has 1 amide bonds. The summed E-state index contributed by atoms with van der Waals surface area (Å²) in [6.07, 6.45) is 2.11. The van der Waals surface area contributed by atoms with E-state index in [2.05, 4.69) is 5.32 Å². The maximum atomic E-state index is 12.0. The van der Waals surface area contributed by atoms with Crippen LogP contribution >= 0.6 is 0 Å². The first-order valence-corrected chi connectivity index (χ1v) is 8.45. The number of carbonyl (C=O) groups is 2. The summed E-state index contributed by atoms with van der Waals surface area (Å²) < 4.78 is 31.0. The van der Waals surface area contributed by atoms with Gasteiger partial charge in [-0.25, -0.2) is 4.79 Å². The molecule has 1 fully saturated rings. The third-order valence-corrected chi connectivity index (χ3v) is 5.01. The smallest absolute Gasteiger partial charge is 0.326 e. The molecule has 0 unspecified atom stereocenters. The first kappa shape index (κ1) is 17.9. The molecule has 5 N–H and O–H groups in total. The van der Waals surface area contributed by atoms with Crippen LogP contribution in [-0.2, 0) is 19.7 Å². The van der Waals surface area contributed by atoms with Crippen molar-refractivity contribution in [1.82, 2.24) is 5.32 Å². The monoisotopic (exact) mass is 322 g/mol. The van der Waals surface area contributed by atoms with Gasteiger partial charge in [0.2, 0.25) is 5.91 Å². The van der Waals surface area contributed by atoms with Gasteiger partial charge in [0.05, 0.1) is 5.25 Å². The fourth-order valence-electron chi connectivity index (χ4n) is 2.49. The van der Waals surface area contributed by atoms with Crippen molar-refractivity contribution in [1.29, 1.82) is 0 Å². The van der Waals surface area contributed by atoms with E-state index in [1.165, 1.54) is 0 Å². The summed E-state index contributed by atoms with van der Waals surface area (Å²) >= 11 is 0. The molecular weight excluding hydrogens is 300 g/mol. The molecule has 1 aliphatic carbocycles. The molecule has 0 radical (unpaired) electrons. The summed E-state index contributed by atoms with van der Waals surface area (Å²) in [6.45, 7) is 0.457. The van der Waals surface area contributed by atoms with Crippen LogP contribution in [0.4, 0.5) is 0 Å². The van der Waals surface area contributed by atoms with E-state index in [4.69, 9.17) is 15.4 Å². The van der Waals surface area contributed by atoms with Crippen LogP contribution in [0.1, 0.15) is 38.5 Å². The number of hydrogen-bond donors (Lipinski definition) is 4. The molecule has 0 spiro atoms. The predicted octanol–water partition coefficient (Wildman–Crippen LogP) is -0.259. The molecule has 0 aromatic carbocycles. The molecular formula is C12H22N2O6S. The topological polar surface area (TPSA) is 147 Å². The zero-order valence-electron chi connectivity index (χ0n) is 11.7. The summed E-state index contributed by atoms with van der Waals surface area (Å²) in [5.41, 5.74) is 5.33. The highest BCUT2D eigenvalue weighted by atomic mass is 32.2. The molecule has 1 saturated carbocycles. The van der Waals surface area contributed by atoms with Gasteiger partial charge in [0.1, 0.15) is 6.04 Å². The standard InChI is InChI=1S/C12H22N2O6S/c13-6-2-1-3-10(12(16)17)14-11(15)8-4-5-9(7-8)21(18,19)20/h8-10H,1-7,13H2,(H,14,15)(H,16,17)(H,18,19,20)/t8-,9-,10-/m0/s1. The number of nitrogens with two attached hydrogens (primary N) is 1. The number of unbranched alkanes of at least 4 members (excludes halogenated alkanes) is 1. The Balaban J connectivity index is 2.53. The zero-order chi connectivity index (χ0) is 16.0. The Hall–Kier alpha value is -1.19. The van der Waals surface area contributed by atoms with Gasteiger partial charge in [0.25, 0.3) is 10.1 Å². The van der Waals surface area contributed by atoms with Crippen LogP contribution < -0.4 is 11.1 Å². The molecule has 0 aliphatic heterocycles. The van der Waals surface area contributed by atoms with Gasteiger partial charge in [0, 0.05) is 5.92 Å². The van der Waals surface area contributed by atoms with Crippen LogP contribution in [0.2, 0.25) is 0 Å². The summed E-state index contributed by atoms with van der Waals surface area (Å²) in [6, 6.07) is -0.992. The Labute approximate surface area is 123 Å². The molecule has 122 valence electrons. The average molecular weight is 322 g/mol. The third-order valence-electron chi connectivity index (χ3n) is 3.74. The maximum Gasteiger partial charge on any atom is 0.326 e. The number of aliphatic carboxylic acids is 1. The van der Waals surface area contributed by atoms with Crippen LogP contribution in [0.3, 0.4) is 0 Å². The van der Waals surface area contributed by atoms with E-state index < -0.39 is 39.2 Å². The number of amides is 1. The van der Waals surface area contributed by atoms with E-state index in [0.717, 1.165) is 0 Å². The second-order valence-electron chi connectivity index (χ2n) is 5.33. The van der Waals surface area contributed by atoms with Crippen molar-refractivity contribution in [3.05, 3.63) is 0 Å². The lowest BCUT2D eigenvalue weighted by molar-refractivity contribution is -0.142. The van der Waals surface area contributed by atoms with Gasteiger partial charge >= 0.3 is 5.97 Å². The number of nitrogens with one attached hydrogen (secondary N) is 1. The van der Waals surface area contributed by atoms with Crippen molar-refractivity contribution in [2.24, 2.45) is 11.7 Å². The van der Waals surface area contributed by atoms with Crippen LogP contribution in [0.15, 0.2) is 0 Å². The Bertz CT molecular complexity index is 478. The molecule has 21 heavy (non-hydrogen) atoms. The summed E-state index contributed by atoms with van der Waals surface area (Å²) in [5, 5.41) is 10.6. The molecule has 0 bridgehead atoms. The summed E-state index contributed by atoms with van der Waals surface area (Å²) in [4.78, 5) is 23.1. The molecule has 1 aliphatic rings. The van der Waals surface area contributed by atoms with Gasteiger partial charge in [-0.05, 0) is 45.1 Å². The maximum absolute atomic E-state index is 12.0. The number of hydrogen-bond acceptors (Lipinski definition) is 5. The molecule has 0 aromatic rings. The lowest BCUT2D eigenvalue weighted by Crippen LogP contribution is -2.43. The van der Waals surface area contributed by atoms with Gasteiger partial charge in [-0.15, -0.1) is 0 Å². The van der Waals surface area contributed by atoms with Crippen molar-refractivity contribution in [2.75, 3.05) is 6.54 Å². The highest BCUT2D eigenvalue weighted by molar-refractivity contribution is 7.86. The summed E-state index contributed by atoms with van der Waals surface area (Å²) in [5.74, 6) is -2.17. The molecule has 0 aromatic heterocycles. The number of carboxylic acid groups (broad SMARTS) is 1. The first-order chi connectivity index (χ1) is 9.75. The van der Waals surface area contributed by atoms with E-state index in [-0.39, 0.29) is 19.3 Å². The van der Waals surface area contributed by atoms with Gasteiger partial charge < -0.3 is 16.2 Å². The Morgan fingerprint density at radius 3 is 2.43 bits per heavy atom. The molecule has 0 saturated heterocycles. The lowest BCUT2D eigenvalue weighted by atomic mass is 10.1. The second-order valence-corrected chi connectivity index (χ2v) is 7.03. The molecule has 0 heterocycles. The molecule has 1 rings (SSSR count). The van der Waals surface area contributed by atoms with Gasteiger partial charge in [-0.3, -0.25) is 9.35 Å². The van der Waals surface area contributed by atoms with E-state index in [1.54, 1.807) is 0 Å². The Morgan fingerprint density at radius 2 is 1.95 bits per heavy atom. The molecule has 3 atom stereocenters. The summed E-state index contributed by atoms with van der Waals surface area (Å²) in [7, 11) is -4.14. The minimum absolute atomic E-state index is 0.0276. The van der Waals surface area contributed by atoms with Crippen LogP contribution in [0.25, 0.3) is 0 Å². The fraction of sp³-hybridized carbons (Fsp3) is 0.833. The van der Waals surface area contributed by atoms with Crippen molar-refractivity contribution >= 4 is 22.0 Å². The molecule has 9 heteroatoms. The zero-order valence-corrected chi connectivity index (χ0v) is 12.5. The Kier molecular flexibility index (Phi) is 6.56. The molecule has 8 nitrogen and oxygen atoms in total. The predicted molar refractivity (Wildman–Crippen MR) is 75.1 cm³/mol. The van der Waals surface area contributed by atoms with Gasteiger partial charge in [-0.1, -0.05) is 0 Å². The van der Waals surface area contributed by atoms with Gasteiger partial charge in [0.15, 0.2) is 0 Å². The number of rotatable bonds is 8. The van der Waals surface area contributed by atoms with E-state index in [1.807, 2.05) is 0 Å². The van der Waals surface area contributed by atoms with Gasteiger partial charge in [-0.2, -0.15) is 8.42 Å². The average Bonchev–Trinajstić information content (AvgIpc) is 2.86. The van der Waals surface area contributed by atoms with Crippen molar-refractivity contribution in [3.63, 3.8) is 0 Å². The van der Waals surface area contributed by atoms with Crippen molar-refractivity contribution in [2.45, 2.75) is 49.8 Å². The van der Waals surface area contributed by atoms with E-state index in [0.29, 0.717) is 25.8 Å². The lowest BCUT2D eigenvalue weighted by Gasteiger charge is -2.17. The second kappa shape index (κ2) is 7.71. The van der Waals surface area contributed by atoms with E-state index in [9.17, 15) is 18.0 Å². The third kappa shape index (κ3) is 5.60. The SMILES string of the molecule is NCCCC[C@H](NC(=O)[C@H]1CC[C@H](S(=O)(=O)O)C1)C(=O)O. The van der Waals surface area contributed by atoms with Crippen LogP contribution in [0.5, 0.6) is 0 Å². The Morgan fingerprint density at radius 1 is 1.29 bits per heavy atom. The largest absolute Gasteiger partial charge is 0.480 e. The van der Waals surface area contributed by atoms with Crippen LogP contribution in [0, 0.1) is 5.92 Å². The highest BCUT2D eigenvalue weighted by Crippen LogP contribution is 2.30. The minimum Gasteiger partial charge on any atom is -0.480 e. The van der Waals surface area contributed by atoms with Crippen molar-refractivity contribution in [3.8, 4) is 0 Å². The number of carboxylic acids is 1. The van der Waals surface area contributed by atoms with E-state index >= 15 is 0 Å². The quantitative estimate of drug-likeness (QED) is 0.355. The minimum atomic E-state index is -4.14. The normalized spacial score (nSPS) is 23.7.